The maximum absolute atomic E-state index is 15.3. The molecular formula is C102H118F14N20O9. The van der Waals surface area contributed by atoms with Crippen LogP contribution in [0.3, 0.4) is 0 Å². The first kappa shape index (κ1) is 107. The Morgan fingerprint density at radius 3 is 1.11 bits per heavy atom. The number of piperidine rings is 4. The van der Waals surface area contributed by atoms with E-state index in [0.717, 1.165) is 139 Å². The number of aromatic nitrogens is 12. The highest BCUT2D eigenvalue weighted by Crippen LogP contribution is 2.43. The average molecular weight is 2030 g/mol. The SMILES string of the molecule is CC(=O)CN1CCC(Cn2cc(F)c3c(N(Cc4ccc(C(F)(F)F)cc4)C4CC4)ncnc32)C(O)C1.CC(=O)CN1CCC(Cn2ccc3c(N(Cc4ccc(C(F)(F)F)cc4)C4CC4)ncnc32)C(O)C1.CCN(Cc1ccc(C(F)(F)F)cc1)c1ncnc2c1ccn2CC1CCN(CC(C)=O)CC1O.CCN(Cc1ccc(C(F)(F)F)cc1F)c1ncnc2c1ccn2CC1(O)CCN(CC(C)=O)CC1O. The molecule has 778 valence electrons. The van der Waals surface area contributed by atoms with E-state index in [-0.39, 0.29) is 90.5 Å². The molecule has 0 bridgehead atoms. The first-order chi connectivity index (χ1) is 68.8. The zero-order valence-electron chi connectivity index (χ0n) is 81.0. The van der Waals surface area contributed by atoms with E-state index in [1.807, 2.05) is 72.0 Å². The van der Waals surface area contributed by atoms with Gasteiger partial charge in [0.15, 0.2) is 5.82 Å². The standard InChI is InChI=1S/C26H29F4N5O2.C26H30F3N5O2.C25H29F4N5O3.C25H30F3N5O2/c1-16(36)10-33-9-8-18(22(37)14-33)12-34-13-21(27)23-24(34)31-15-32-25(23)35(20-6-7-20)11-17-2-4-19(5-3-17)26(28,29)30;1-17(35)12-32-10-8-19(23(36)15-32)14-33-11-9-22-24(33)30-16-31-25(22)34(21-6-7-21)13-18-2-4-20(5-3-18)26(27,28)29;1-3-33(12-17-4-5-18(10-20(17)26)25(27,28)29)22-19-6-8-34(23(19)31-15-30-22)14-24(37)7-9-32(11-16(2)35)13-21(24)36;1-3-32(13-18-4-6-20(7-5-18)25(26,27)28)23-21-9-11-33(24(21)30-16-29-23)14-19-8-10-31(12-17(2)34)15-22(19)35/h2-5,13,15,18,20,22,37H,6-12,14H2,1H3;2-5,9,11,16,19,21,23,36H,6-8,10,12-15H2,1H3;4-6,8,10,15,21,36-37H,3,7,9,11-14H2,1-2H3;4-7,9,11,16,19,22,35H,3,8,10,12-15H2,1-2H3. The topological polar surface area (TPSA) is 318 Å². The van der Waals surface area contributed by atoms with Gasteiger partial charge in [0.05, 0.1) is 101 Å². The molecule has 8 aromatic heterocycles. The number of β-amino-alcohol motifs (C(OH)–C–C–N with tert-alkyl or cyclic N) is 4. The van der Waals surface area contributed by atoms with Crippen molar-refractivity contribution < 1.29 is 106 Å². The molecule has 12 heterocycles. The number of hydrogen-bond acceptors (Lipinski definition) is 25. The zero-order valence-corrected chi connectivity index (χ0v) is 81.0. The van der Waals surface area contributed by atoms with Crippen molar-refractivity contribution in [2.24, 2.45) is 17.8 Å². The number of likely N-dealkylation sites (tertiary alicyclic amines) is 4. The lowest BCUT2D eigenvalue weighted by Crippen LogP contribution is -2.58. The van der Waals surface area contributed by atoms with Gasteiger partial charge in [0.25, 0.3) is 0 Å². The van der Waals surface area contributed by atoms with E-state index in [2.05, 4.69) is 44.8 Å². The quantitative estimate of drug-likeness (QED) is 0.0245. The van der Waals surface area contributed by atoms with Gasteiger partial charge in [0.1, 0.15) is 106 Å². The Morgan fingerprint density at radius 1 is 0.386 bits per heavy atom. The van der Waals surface area contributed by atoms with Crippen LogP contribution in [0, 0.1) is 29.4 Å². The van der Waals surface area contributed by atoms with Crippen LogP contribution in [0.1, 0.15) is 137 Å². The second kappa shape index (κ2) is 45.5. The van der Waals surface area contributed by atoms with Gasteiger partial charge in [0.2, 0.25) is 0 Å². The number of aliphatic hydroxyl groups excluding tert-OH is 4. The first-order valence-electron chi connectivity index (χ1n) is 48.4. The van der Waals surface area contributed by atoms with Crippen LogP contribution in [0.25, 0.3) is 44.1 Å². The molecule has 2 aliphatic carbocycles. The van der Waals surface area contributed by atoms with Gasteiger partial charge in [-0.3, -0.25) is 38.8 Å². The van der Waals surface area contributed by atoms with Gasteiger partial charge in [0, 0.05) is 152 Å². The molecule has 0 amide bonds. The molecule has 145 heavy (non-hydrogen) atoms. The number of alkyl halides is 12. The molecule has 4 aliphatic heterocycles. The lowest BCUT2D eigenvalue weighted by atomic mass is 9.88. The molecule has 4 saturated heterocycles. The molecular weight excluding hydrogens is 1920 g/mol. The number of aliphatic hydroxyl groups is 5. The molecule has 29 nitrogen and oxygen atoms in total. The monoisotopic (exact) mass is 2030 g/mol. The predicted molar refractivity (Wildman–Crippen MR) is 514 cm³/mol. The minimum atomic E-state index is -4.63. The average Bonchev–Trinajstić information content (AvgIpc) is 1.61. The van der Waals surface area contributed by atoms with Gasteiger partial charge in [-0.2, -0.15) is 52.7 Å². The second-order valence-corrected chi connectivity index (χ2v) is 38.8. The highest BCUT2D eigenvalue weighted by molar-refractivity contribution is 5.91. The third-order valence-corrected chi connectivity index (χ3v) is 27.6. The summed E-state index contributed by atoms with van der Waals surface area (Å²) < 4.78 is 192. The Bertz CT molecular complexity index is 6470. The van der Waals surface area contributed by atoms with E-state index in [9.17, 15) is 102 Å². The van der Waals surface area contributed by atoms with Gasteiger partial charge in [-0.15, -0.1) is 0 Å². The molecule has 43 heteroatoms. The number of Topliss-reactive ketones (excluding diaryl/α,β-unsaturated/α-hetero) is 4. The molecule has 8 unspecified atom stereocenters. The number of fused-ring (bicyclic) bond motifs is 4. The molecule has 5 N–H and O–H groups in total. The van der Waals surface area contributed by atoms with Gasteiger partial charge in [-0.05, 0) is 196 Å². The number of hydrogen-bond donors (Lipinski definition) is 5. The number of benzene rings is 4. The summed E-state index contributed by atoms with van der Waals surface area (Å²) >= 11 is 0. The van der Waals surface area contributed by atoms with Crippen LogP contribution in [0.4, 0.5) is 84.7 Å². The molecule has 18 rings (SSSR count). The highest BCUT2D eigenvalue weighted by Gasteiger charge is 2.44. The van der Waals surface area contributed by atoms with Gasteiger partial charge < -0.3 is 63.4 Å². The van der Waals surface area contributed by atoms with Crippen LogP contribution in [-0.2, 0) is 96.2 Å². The van der Waals surface area contributed by atoms with E-state index < -0.39 is 88.6 Å². The van der Waals surface area contributed by atoms with Crippen molar-refractivity contribution in [1.82, 2.24) is 77.7 Å². The number of ketones is 4. The fourth-order valence-electron chi connectivity index (χ4n) is 19.7. The maximum Gasteiger partial charge on any atom is 0.416 e. The second-order valence-electron chi connectivity index (χ2n) is 38.8. The molecule has 0 radical (unpaired) electrons. The van der Waals surface area contributed by atoms with E-state index in [1.54, 1.807) is 45.0 Å². The number of nitrogens with zero attached hydrogens (tertiary/aromatic N) is 20. The Labute approximate surface area is 827 Å². The zero-order chi connectivity index (χ0) is 104. The van der Waals surface area contributed by atoms with Crippen molar-refractivity contribution >= 4 is 90.5 Å². The van der Waals surface area contributed by atoms with Gasteiger partial charge in [-0.1, -0.05) is 42.5 Å². The summed E-state index contributed by atoms with van der Waals surface area (Å²) in [5.41, 5.74) is 0.230. The maximum atomic E-state index is 15.3. The van der Waals surface area contributed by atoms with Crippen LogP contribution in [0.5, 0.6) is 0 Å². The summed E-state index contributed by atoms with van der Waals surface area (Å²) in [5, 5.41) is 56.5. The van der Waals surface area contributed by atoms with Crippen LogP contribution in [0.15, 0.2) is 159 Å². The molecule has 4 aromatic carbocycles. The van der Waals surface area contributed by atoms with E-state index in [0.29, 0.717) is 163 Å². The normalized spacial score (nSPS) is 20.6. The third kappa shape index (κ3) is 26.9. The Balaban J connectivity index is 0.000000145. The predicted octanol–water partition coefficient (Wildman–Crippen LogP) is 14.7. The van der Waals surface area contributed by atoms with Crippen molar-refractivity contribution in [3.63, 3.8) is 0 Å². The smallest absolute Gasteiger partial charge is 0.391 e. The van der Waals surface area contributed by atoms with Crippen molar-refractivity contribution in [3.8, 4) is 0 Å². The summed E-state index contributed by atoms with van der Waals surface area (Å²) in [6, 6.07) is 24.0. The highest BCUT2D eigenvalue weighted by atomic mass is 19.4. The van der Waals surface area contributed by atoms with Crippen LogP contribution < -0.4 is 19.6 Å². The Hall–Kier alpha value is -12.1. The number of carbonyl (C=O) groups is 4. The summed E-state index contributed by atoms with van der Waals surface area (Å²) in [6.07, 6.45) is -1.55. The molecule has 12 aromatic rings. The summed E-state index contributed by atoms with van der Waals surface area (Å²) in [4.78, 5) is 96.6. The molecule has 8 atom stereocenters. The number of anilines is 4. The summed E-state index contributed by atoms with van der Waals surface area (Å²) in [7, 11) is 0. The molecule has 2 saturated carbocycles. The summed E-state index contributed by atoms with van der Waals surface area (Å²) in [6.45, 7) is 19.1. The minimum absolute atomic E-state index is 0.00754. The van der Waals surface area contributed by atoms with Crippen molar-refractivity contribution in [1.29, 1.82) is 0 Å². The molecule has 6 aliphatic rings. The van der Waals surface area contributed by atoms with E-state index >= 15 is 4.39 Å². The fourth-order valence-corrected chi connectivity index (χ4v) is 19.7. The van der Waals surface area contributed by atoms with Crippen LogP contribution >= 0.6 is 0 Å². The Kier molecular flexibility index (Phi) is 33.6. The minimum Gasteiger partial charge on any atom is -0.391 e. The summed E-state index contributed by atoms with van der Waals surface area (Å²) in [5.74, 6) is 1.13. The largest absolute Gasteiger partial charge is 0.416 e. The van der Waals surface area contributed by atoms with Crippen molar-refractivity contribution in [2.75, 3.05) is 111 Å². The Morgan fingerprint density at radius 2 is 0.731 bits per heavy atom. The number of carbonyl (C=O) groups excluding carboxylic acids is 4. The molecule has 0 spiro atoms. The third-order valence-electron chi connectivity index (χ3n) is 27.6. The van der Waals surface area contributed by atoms with Crippen molar-refractivity contribution in [3.05, 3.63) is 215 Å². The van der Waals surface area contributed by atoms with Gasteiger partial charge in [-0.25, -0.2) is 48.7 Å². The van der Waals surface area contributed by atoms with E-state index in [4.69, 9.17) is 0 Å². The fraction of sp³-hybridized carbons (Fsp3) is 0.490. The van der Waals surface area contributed by atoms with Crippen molar-refractivity contribution in [2.45, 2.75) is 212 Å². The van der Waals surface area contributed by atoms with Crippen LogP contribution in [-0.4, -0.2) is 260 Å². The number of rotatable bonds is 32. The van der Waals surface area contributed by atoms with E-state index in [1.165, 1.54) is 81.8 Å². The molecule has 6 fully saturated rings. The van der Waals surface area contributed by atoms with Crippen LogP contribution in [0.2, 0.25) is 0 Å². The van der Waals surface area contributed by atoms with Gasteiger partial charge >= 0.3 is 24.7 Å². The number of halogens is 14. The first-order valence-corrected chi connectivity index (χ1v) is 48.4. The lowest BCUT2D eigenvalue weighted by molar-refractivity contribution is -0.138. The lowest BCUT2D eigenvalue weighted by Gasteiger charge is -2.42.